The minimum Gasteiger partial charge on any atom is -0.356 e. The van der Waals surface area contributed by atoms with Gasteiger partial charge in [0.15, 0.2) is 0 Å². The lowest BCUT2D eigenvalue weighted by molar-refractivity contribution is 0.453. The van der Waals surface area contributed by atoms with Gasteiger partial charge in [0.1, 0.15) is 17.0 Å². The lowest BCUT2D eigenvalue weighted by Crippen LogP contribution is -2.33. The fourth-order valence-corrected chi connectivity index (χ4v) is 5.40. The zero-order chi connectivity index (χ0) is 18.5. The van der Waals surface area contributed by atoms with Crippen molar-refractivity contribution >= 4 is 15.8 Å². The van der Waals surface area contributed by atoms with Crippen LogP contribution in [0.5, 0.6) is 0 Å². The van der Waals surface area contributed by atoms with Crippen molar-refractivity contribution in [3.8, 4) is 0 Å². The molecule has 2 aliphatic heterocycles. The second kappa shape index (κ2) is 6.31. The fraction of sp³-hybridized carbons (Fsp3) is 0.588. The minimum atomic E-state index is -3.45. The summed E-state index contributed by atoms with van der Waals surface area (Å²) in [7, 11) is -1.73. The Bertz CT molecular complexity index is 895. The first-order chi connectivity index (χ1) is 12.3. The van der Waals surface area contributed by atoms with Gasteiger partial charge in [0.2, 0.25) is 10.0 Å². The number of aryl methyl sites for hydroxylation is 1. The van der Waals surface area contributed by atoms with Crippen molar-refractivity contribution in [2.75, 3.05) is 31.1 Å². The number of anilines is 1. The zero-order valence-electron chi connectivity index (χ0n) is 15.3. The lowest BCUT2D eigenvalue weighted by atomic mass is 10.0. The van der Waals surface area contributed by atoms with Crippen LogP contribution in [-0.4, -0.2) is 58.7 Å². The molecule has 0 amide bonds. The van der Waals surface area contributed by atoms with Crippen LogP contribution < -0.4 is 4.90 Å². The molecule has 2 aliphatic rings. The SMILES string of the molecule is CC(C)c1cc(N2CC3CN(S(=O)(=O)c4cnn(C)c4)CC3C2)ncn1. The highest BCUT2D eigenvalue weighted by Gasteiger charge is 2.44. The van der Waals surface area contributed by atoms with Crippen LogP contribution in [-0.2, 0) is 17.1 Å². The molecular weight excluding hydrogens is 352 g/mol. The van der Waals surface area contributed by atoms with Crippen molar-refractivity contribution < 1.29 is 8.42 Å². The third-order valence-electron chi connectivity index (χ3n) is 5.36. The van der Waals surface area contributed by atoms with Crippen molar-refractivity contribution in [1.82, 2.24) is 24.1 Å². The lowest BCUT2D eigenvalue weighted by Gasteiger charge is -2.22. The van der Waals surface area contributed by atoms with Gasteiger partial charge in [-0.2, -0.15) is 9.40 Å². The Morgan fingerprint density at radius 3 is 2.38 bits per heavy atom. The van der Waals surface area contributed by atoms with Gasteiger partial charge >= 0.3 is 0 Å². The minimum absolute atomic E-state index is 0.272. The first-order valence-electron chi connectivity index (χ1n) is 8.90. The van der Waals surface area contributed by atoms with E-state index in [1.807, 2.05) is 0 Å². The average Bonchev–Trinajstić information content (AvgIpc) is 3.29. The van der Waals surface area contributed by atoms with Crippen molar-refractivity contribution in [1.29, 1.82) is 0 Å². The van der Waals surface area contributed by atoms with E-state index in [2.05, 4.69) is 39.9 Å². The second-order valence-corrected chi connectivity index (χ2v) is 9.49. The summed E-state index contributed by atoms with van der Waals surface area (Å²) in [5, 5.41) is 3.99. The van der Waals surface area contributed by atoms with Gasteiger partial charge in [-0.25, -0.2) is 18.4 Å². The molecule has 8 nitrogen and oxygen atoms in total. The van der Waals surface area contributed by atoms with Crippen LogP contribution in [0.1, 0.15) is 25.5 Å². The molecule has 2 unspecified atom stereocenters. The van der Waals surface area contributed by atoms with Crippen molar-refractivity contribution in [3.05, 3.63) is 30.5 Å². The van der Waals surface area contributed by atoms with Crippen LogP contribution in [0.25, 0.3) is 0 Å². The van der Waals surface area contributed by atoms with Gasteiger partial charge < -0.3 is 4.90 Å². The number of hydrogen-bond donors (Lipinski definition) is 0. The summed E-state index contributed by atoms with van der Waals surface area (Å²) in [5.74, 6) is 1.97. The van der Waals surface area contributed by atoms with Crippen LogP contribution in [0.4, 0.5) is 5.82 Å². The maximum atomic E-state index is 12.8. The third kappa shape index (κ3) is 2.99. The summed E-state index contributed by atoms with van der Waals surface area (Å²) in [6, 6.07) is 2.05. The summed E-state index contributed by atoms with van der Waals surface area (Å²) in [6.07, 6.45) is 4.60. The second-order valence-electron chi connectivity index (χ2n) is 7.55. The molecule has 0 aromatic carbocycles. The Balaban J connectivity index is 1.47. The number of aromatic nitrogens is 4. The van der Waals surface area contributed by atoms with Gasteiger partial charge in [0.05, 0.1) is 6.20 Å². The van der Waals surface area contributed by atoms with Gasteiger partial charge in [-0.05, 0) is 17.8 Å². The molecule has 2 aromatic heterocycles. The van der Waals surface area contributed by atoms with Crippen LogP contribution in [0.2, 0.25) is 0 Å². The van der Waals surface area contributed by atoms with E-state index in [4.69, 9.17) is 0 Å². The third-order valence-corrected chi connectivity index (χ3v) is 7.15. The molecule has 2 atom stereocenters. The van der Waals surface area contributed by atoms with Gasteiger partial charge in [-0.1, -0.05) is 13.8 Å². The standard InChI is InChI=1S/C17H24N6O2S/c1-12(2)16-4-17(19-11-18-16)22-6-13-8-23(9-14(13)7-22)26(24,25)15-5-20-21(3)10-15/h4-5,10-14H,6-9H2,1-3H3. The van der Waals surface area contributed by atoms with E-state index in [1.54, 1.807) is 23.9 Å². The predicted octanol–water partition coefficient (Wildman–Crippen LogP) is 1.09. The number of sulfonamides is 1. The highest BCUT2D eigenvalue weighted by atomic mass is 32.2. The van der Waals surface area contributed by atoms with E-state index in [9.17, 15) is 8.42 Å². The summed E-state index contributed by atoms with van der Waals surface area (Å²) in [6.45, 7) is 7.01. The Hall–Kier alpha value is -2.00. The molecule has 26 heavy (non-hydrogen) atoms. The van der Waals surface area contributed by atoms with Crippen molar-refractivity contribution in [2.45, 2.75) is 24.7 Å². The van der Waals surface area contributed by atoms with Gasteiger partial charge in [0.25, 0.3) is 0 Å². The normalized spacial score (nSPS) is 23.8. The van der Waals surface area contributed by atoms with Crippen LogP contribution >= 0.6 is 0 Å². The molecule has 9 heteroatoms. The molecule has 4 rings (SSSR count). The number of nitrogens with zero attached hydrogens (tertiary/aromatic N) is 6. The molecule has 2 fully saturated rings. The molecule has 0 N–H and O–H groups in total. The maximum absolute atomic E-state index is 12.8. The van der Waals surface area contributed by atoms with E-state index in [0.717, 1.165) is 24.6 Å². The van der Waals surface area contributed by atoms with Crippen LogP contribution in [0.15, 0.2) is 29.7 Å². The first kappa shape index (κ1) is 17.4. The highest BCUT2D eigenvalue weighted by Crippen LogP contribution is 2.36. The molecule has 0 radical (unpaired) electrons. The Labute approximate surface area is 153 Å². The van der Waals surface area contributed by atoms with Crippen LogP contribution in [0.3, 0.4) is 0 Å². The van der Waals surface area contributed by atoms with Gasteiger partial charge in [-0.3, -0.25) is 4.68 Å². The molecule has 2 saturated heterocycles. The predicted molar refractivity (Wildman–Crippen MR) is 97.3 cm³/mol. The molecule has 0 bridgehead atoms. The van der Waals surface area contributed by atoms with E-state index in [-0.39, 0.29) is 4.90 Å². The van der Waals surface area contributed by atoms with E-state index < -0.39 is 10.0 Å². The molecule has 2 aromatic rings. The average molecular weight is 376 g/mol. The van der Waals surface area contributed by atoms with Crippen molar-refractivity contribution in [2.24, 2.45) is 18.9 Å². The molecule has 140 valence electrons. The summed E-state index contributed by atoms with van der Waals surface area (Å²) < 4.78 is 28.7. The van der Waals surface area contributed by atoms with E-state index in [1.165, 1.54) is 10.9 Å². The fourth-order valence-electron chi connectivity index (χ4n) is 3.86. The Kier molecular flexibility index (Phi) is 4.23. The number of fused-ring (bicyclic) bond motifs is 1. The maximum Gasteiger partial charge on any atom is 0.246 e. The number of hydrogen-bond acceptors (Lipinski definition) is 6. The van der Waals surface area contributed by atoms with Crippen molar-refractivity contribution in [3.63, 3.8) is 0 Å². The highest BCUT2D eigenvalue weighted by molar-refractivity contribution is 7.89. The Morgan fingerprint density at radius 1 is 1.12 bits per heavy atom. The summed E-state index contributed by atoms with van der Waals surface area (Å²) in [4.78, 5) is 11.3. The van der Waals surface area contributed by atoms with E-state index >= 15 is 0 Å². The molecule has 0 saturated carbocycles. The summed E-state index contributed by atoms with van der Waals surface area (Å²) >= 11 is 0. The monoisotopic (exact) mass is 376 g/mol. The molecule has 0 aliphatic carbocycles. The van der Waals surface area contributed by atoms with E-state index in [0.29, 0.717) is 30.8 Å². The zero-order valence-corrected chi connectivity index (χ0v) is 16.1. The first-order valence-corrected chi connectivity index (χ1v) is 10.3. The molecule has 0 spiro atoms. The topological polar surface area (TPSA) is 84.2 Å². The largest absolute Gasteiger partial charge is 0.356 e. The quantitative estimate of drug-likeness (QED) is 0.794. The van der Waals surface area contributed by atoms with Gasteiger partial charge in [-0.15, -0.1) is 0 Å². The van der Waals surface area contributed by atoms with Gasteiger partial charge in [0, 0.05) is 51.2 Å². The van der Waals surface area contributed by atoms with Crippen LogP contribution in [0, 0.1) is 11.8 Å². The smallest absolute Gasteiger partial charge is 0.246 e. The Morgan fingerprint density at radius 2 is 1.81 bits per heavy atom. The summed E-state index contributed by atoms with van der Waals surface area (Å²) in [5.41, 5.74) is 1.04. The molecular formula is C17H24N6O2S. The molecule has 4 heterocycles. The number of rotatable bonds is 4.